The van der Waals surface area contributed by atoms with E-state index in [4.69, 9.17) is 4.42 Å². The van der Waals surface area contributed by atoms with Gasteiger partial charge in [-0.25, -0.2) is 4.79 Å². The van der Waals surface area contributed by atoms with Crippen LogP contribution >= 0.6 is 0 Å². The van der Waals surface area contributed by atoms with Gasteiger partial charge >= 0.3 is 5.76 Å². The van der Waals surface area contributed by atoms with Gasteiger partial charge in [-0.3, -0.25) is 10.1 Å². The van der Waals surface area contributed by atoms with Gasteiger partial charge in [-0.1, -0.05) is 6.92 Å². The van der Waals surface area contributed by atoms with Crippen LogP contribution in [0, 0.1) is 16.0 Å². The molecular formula is C16H19N3O5. The van der Waals surface area contributed by atoms with E-state index in [9.17, 15) is 20.0 Å². The monoisotopic (exact) mass is 333 g/mol. The Morgan fingerprint density at radius 3 is 2.58 bits per heavy atom. The number of nitrogens with zero attached hydrogens (tertiary/aromatic N) is 3. The van der Waals surface area contributed by atoms with Crippen molar-refractivity contribution in [1.82, 2.24) is 9.78 Å². The second kappa shape index (κ2) is 6.20. The lowest BCUT2D eigenvalue weighted by Crippen LogP contribution is -2.40. The number of nitro groups is 1. The largest absolute Gasteiger partial charge is 0.437 e. The predicted octanol–water partition coefficient (Wildman–Crippen LogP) is 2.35. The molecule has 1 aromatic heterocycles. The van der Waals surface area contributed by atoms with E-state index < -0.39 is 16.3 Å². The third-order valence-electron chi connectivity index (χ3n) is 4.58. The quantitative estimate of drug-likeness (QED) is 0.679. The van der Waals surface area contributed by atoms with Gasteiger partial charge in [0, 0.05) is 17.7 Å². The van der Waals surface area contributed by atoms with Gasteiger partial charge in [0.2, 0.25) is 5.89 Å². The Morgan fingerprint density at radius 1 is 1.38 bits per heavy atom. The normalized spacial score (nSPS) is 24.0. The summed E-state index contributed by atoms with van der Waals surface area (Å²) in [5.74, 6) is 0.0213. The molecule has 0 atom stereocenters. The molecule has 1 saturated carbocycles. The van der Waals surface area contributed by atoms with Crippen molar-refractivity contribution in [3.8, 4) is 11.5 Å². The number of rotatable bonds is 4. The first kappa shape index (κ1) is 16.4. The molecule has 8 nitrogen and oxygen atoms in total. The van der Waals surface area contributed by atoms with Crippen LogP contribution in [0.5, 0.6) is 0 Å². The van der Waals surface area contributed by atoms with Crippen molar-refractivity contribution in [2.75, 3.05) is 0 Å². The first-order valence-electron chi connectivity index (χ1n) is 7.91. The smallest absolute Gasteiger partial charge is 0.388 e. The van der Waals surface area contributed by atoms with Gasteiger partial charge in [0.05, 0.1) is 17.1 Å². The minimum absolute atomic E-state index is 0.0498. The summed E-state index contributed by atoms with van der Waals surface area (Å²) in [7, 11) is 0. The molecule has 2 aromatic rings. The van der Waals surface area contributed by atoms with Gasteiger partial charge in [0.15, 0.2) is 0 Å². The molecule has 3 rings (SSSR count). The van der Waals surface area contributed by atoms with Crippen molar-refractivity contribution in [1.29, 1.82) is 0 Å². The van der Waals surface area contributed by atoms with Crippen molar-refractivity contribution in [3.05, 3.63) is 44.9 Å². The Labute approximate surface area is 137 Å². The van der Waals surface area contributed by atoms with Crippen LogP contribution in [0.3, 0.4) is 0 Å². The molecule has 1 N–H and O–H groups in total. The lowest BCUT2D eigenvalue weighted by atomic mass is 9.79. The average molecular weight is 333 g/mol. The highest BCUT2D eigenvalue weighted by atomic mass is 16.6. The Hall–Kier alpha value is -2.48. The van der Waals surface area contributed by atoms with E-state index in [-0.39, 0.29) is 18.1 Å². The molecule has 128 valence electrons. The van der Waals surface area contributed by atoms with E-state index in [0.29, 0.717) is 24.3 Å². The summed E-state index contributed by atoms with van der Waals surface area (Å²) >= 11 is 0. The maximum atomic E-state index is 12.0. The van der Waals surface area contributed by atoms with Crippen molar-refractivity contribution in [2.45, 2.75) is 44.8 Å². The molecule has 1 heterocycles. The molecule has 8 heteroatoms. The highest BCUT2D eigenvalue weighted by molar-refractivity contribution is 5.55. The molecule has 0 radical (unpaired) electrons. The Kier molecular flexibility index (Phi) is 4.23. The van der Waals surface area contributed by atoms with Gasteiger partial charge in [0.1, 0.15) is 0 Å². The van der Waals surface area contributed by atoms with Crippen LogP contribution in [-0.4, -0.2) is 25.4 Å². The van der Waals surface area contributed by atoms with E-state index in [1.165, 1.54) is 24.3 Å². The maximum Gasteiger partial charge on any atom is 0.437 e. The van der Waals surface area contributed by atoms with Crippen LogP contribution < -0.4 is 5.76 Å². The number of aromatic nitrogens is 2. The zero-order chi connectivity index (χ0) is 17.3. The number of benzene rings is 1. The zero-order valence-corrected chi connectivity index (χ0v) is 13.3. The molecule has 0 saturated heterocycles. The number of aliphatic hydroxyl groups is 1. The molecule has 1 aromatic carbocycles. The highest BCUT2D eigenvalue weighted by Crippen LogP contribution is 2.32. The fraction of sp³-hybridized carbons (Fsp3) is 0.500. The SMILES string of the molecule is CC1CCC(O)(Cn2nc(-c3ccc([N+](=O)[O-])cc3)oc2=O)CC1. The first-order chi connectivity index (χ1) is 11.4. The zero-order valence-electron chi connectivity index (χ0n) is 13.3. The first-order valence-corrected chi connectivity index (χ1v) is 7.91. The van der Waals surface area contributed by atoms with Crippen molar-refractivity contribution in [2.24, 2.45) is 5.92 Å². The topological polar surface area (TPSA) is 111 Å². The second-order valence-electron chi connectivity index (χ2n) is 6.54. The fourth-order valence-electron chi connectivity index (χ4n) is 2.98. The van der Waals surface area contributed by atoms with Crippen LogP contribution in [0.1, 0.15) is 32.6 Å². The minimum atomic E-state index is -0.944. The third kappa shape index (κ3) is 3.38. The van der Waals surface area contributed by atoms with Crippen molar-refractivity contribution in [3.63, 3.8) is 0 Å². The van der Waals surface area contributed by atoms with E-state index in [1.807, 2.05) is 0 Å². The molecule has 0 unspecified atom stereocenters. The average Bonchev–Trinajstić information content (AvgIpc) is 2.91. The van der Waals surface area contributed by atoms with E-state index in [0.717, 1.165) is 17.5 Å². The maximum absolute atomic E-state index is 12.0. The summed E-state index contributed by atoms with van der Waals surface area (Å²) < 4.78 is 6.26. The van der Waals surface area contributed by atoms with Crippen molar-refractivity contribution >= 4 is 5.69 Å². The van der Waals surface area contributed by atoms with Crippen LogP contribution in [0.15, 0.2) is 33.5 Å². The fourth-order valence-corrected chi connectivity index (χ4v) is 2.98. The minimum Gasteiger partial charge on any atom is -0.388 e. The summed E-state index contributed by atoms with van der Waals surface area (Å²) in [6, 6.07) is 5.60. The molecule has 1 aliphatic rings. The summed E-state index contributed by atoms with van der Waals surface area (Å²) in [6.07, 6.45) is 3.08. The van der Waals surface area contributed by atoms with E-state index in [2.05, 4.69) is 12.0 Å². The van der Waals surface area contributed by atoms with Crippen LogP contribution in [0.25, 0.3) is 11.5 Å². The van der Waals surface area contributed by atoms with E-state index in [1.54, 1.807) is 0 Å². The molecule has 1 fully saturated rings. The second-order valence-corrected chi connectivity index (χ2v) is 6.54. The standard InChI is InChI=1S/C16H19N3O5/c1-11-6-8-16(21,9-7-11)10-18-15(20)24-14(17-18)12-2-4-13(5-3-12)19(22)23/h2-5,11,21H,6-10H2,1H3. The number of nitro benzene ring substituents is 1. The lowest BCUT2D eigenvalue weighted by Gasteiger charge is -2.34. The van der Waals surface area contributed by atoms with Crippen molar-refractivity contribution < 1.29 is 14.4 Å². The van der Waals surface area contributed by atoms with Gasteiger partial charge < -0.3 is 9.52 Å². The summed E-state index contributed by atoms with van der Waals surface area (Å²) in [6.45, 7) is 2.24. The Morgan fingerprint density at radius 2 is 2.00 bits per heavy atom. The molecule has 24 heavy (non-hydrogen) atoms. The highest BCUT2D eigenvalue weighted by Gasteiger charge is 2.33. The number of hydrogen-bond acceptors (Lipinski definition) is 6. The van der Waals surface area contributed by atoms with Gasteiger partial charge in [-0.2, -0.15) is 4.68 Å². The van der Waals surface area contributed by atoms with Crippen LogP contribution in [0.2, 0.25) is 0 Å². The Balaban J connectivity index is 1.80. The Bertz CT molecular complexity index is 785. The van der Waals surface area contributed by atoms with Gasteiger partial charge in [-0.15, -0.1) is 5.10 Å². The number of non-ortho nitro benzene ring substituents is 1. The molecule has 1 aliphatic carbocycles. The summed E-state index contributed by atoms with van der Waals surface area (Å²) in [4.78, 5) is 22.2. The molecule has 0 bridgehead atoms. The van der Waals surface area contributed by atoms with Gasteiger partial charge in [-0.05, 0) is 43.7 Å². The van der Waals surface area contributed by atoms with Gasteiger partial charge in [0.25, 0.3) is 5.69 Å². The lowest BCUT2D eigenvalue weighted by molar-refractivity contribution is -0.384. The molecule has 0 spiro atoms. The molecule has 0 amide bonds. The van der Waals surface area contributed by atoms with Crippen LogP contribution in [-0.2, 0) is 6.54 Å². The third-order valence-corrected chi connectivity index (χ3v) is 4.58. The molecule has 0 aliphatic heterocycles. The summed E-state index contributed by atoms with van der Waals surface area (Å²) in [5.41, 5.74) is -0.521. The number of hydrogen-bond donors (Lipinski definition) is 1. The predicted molar refractivity (Wildman–Crippen MR) is 85.4 cm³/mol. The molecular weight excluding hydrogens is 314 g/mol. The van der Waals surface area contributed by atoms with E-state index >= 15 is 0 Å². The van der Waals surface area contributed by atoms with Crippen LogP contribution in [0.4, 0.5) is 5.69 Å². The summed E-state index contributed by atoms with van der Waals surface area (Å²) in [5, 5.41) is 25.4.